The zero-order valence-electron chi connectivity index (χ0n) is 12.4. The standard InChI is InChI=1S/C16H17ClN4S/c1-21(2)15-8-6-12(7-9-15)11-18-20-16(22)19-14-5-3-4-13(17)10-14/h3-11H,1-2H3,(H2,19,20,22)/b18-11+. The normalized spacial score (nSPS) is 10.5. The molecule has 2 aromatic rings. The summed E-state index contributed by atoms with van der Waals surface area (Å²) in [5.41, 5.74) is 5.72. The van der Waals surface area contributed by atoms with Crippen LogP contribution < -0.4 is 15.6 Å². The zero-order valence-corrected chi connectivity index (χ0v) is 13.9. The number of thiocarbonyl (C=S) groups is 1. The van der Waals surface area contributed by atoms with E-state index in [0.717, 1.165) is 16.9 Å². The highest BCUT2D eigenvalue weighted by molar-refractivity contribution is 7.80. The van der Waals surface area contributed by atoms with E-state index in [9.17, 15) is 0 Å². The van der Waals surface area contributed by atoms with Gasteiger partial charge in [-0.2, -0.15) is 5.10 Å². The minimum Gasteiger partial charge on any atom is -0.378 e. The van der Waals surface area contributed by atoms with E-state index in [1.54, 1.807) is 18.3 Å². The van der Waals surface area contributed by atoms with Crippen LogP contribution in [0.1, 0.15) is 5.56 Å². The van der Waals surface area contributed by atoms with Gasteiger partial charge in [0.15, 0.2) is 5.11 Å². The Bertz CT molecular complexity index is 668. The number of hydrogen-bond acceptors (Lipinski definition) is 3. The first-order valence-corrected chi connectivity index (χ1v) is 7.46. The molecule has 0 fully saturated rings. The maximum atomic E-state index is 5.91. The number of rotatable bonds is 4. The number of halogens is 1. The maximum Gasteiger partial charge on any atom is 0.191 e. The molecule has 0 aliphatic heterocycles. The molecule has 0 heterocycles. The van der Waals surface area contributed by atoms with Crippen molar-refractivity contribution in [2.75, 3.05) is 24.3 Å². The summed E-state index contributed by atoms with van der Waals surface area (Å²) in [6, 6.07) is 15.4. The van der Waals surface area contributed by atoms with E-state index in [2.05, 4.69) is 15.8 Å². The van der Waals surface area contributed by atoms with Crippen molar-refractivity contribution in [3.63, 3.8) is 0 Å². The van der Waals surface area contributed by atoms with Gasteiger partial charge in [-0.3, -0.25) is 5.43 Å². The zero-order chi connectivity index (χ0) is 15.9. The molecule has 0 saturated carbocycles. The lowest BCUT2D eigenvalue weighted by Gasteiger charge is -2.11. The summed E-state index contributed by atoms with van der Waals surface area (Å²) in [5, 5.41) is 8.17. The van der Waals surface area contributed by atoms with Crippen molar-refractivity contribution in [2.45, 2.75) is 0 Å². The van der Waals surface area contributed by atoms with Gasteiger partial charge in [0.1, 0.15) is 0 Å². The largest absolute Gasteiger partial charge is 0.378 e. The van der Waals surface area contributed by atoms with Gasteiger partial charge in [-0.25, -0.2) is 0 Å². The van der Waals surface area contributed by atoms with Gasteiger partial charge in [0.05, 0.1) is 6.21 Å². The average molecular weight is 333 g/mol. The molecule has 0 bridgehead atoms. The lowest BCUT2D eigenvalue weighted by molar-refractivity contribution is 1.05. The number of benzene rings is 2. The Balaban J connectivity index is 1.87. The molecule has 0 aromatic heterocycles. The van der Waals surface area contributed by atoms with Gasteiger partial charge in [0.2, 0.25) is 0 Å². The van der Waals surface area contributed by atoms with E-state index in [4.69, 9.17) is 23.8 Å². The van der Waals surface area contributed by atoms with E-state index in [1.807, 2.05) is 55.4 Å². The molecule has 0 amide bonds. The van der Waals surface area contributed by atoms with Gasteiger partial charge in [-0.15, -0.1) is 0 Å². The van der Waals surface area contributed by atoms with Gasteiger partial charge in [0.25, 0.3) is 0 Å². The average Bonchev–Trinajstić information content (AvgIpc) is 2.47. The van der Waals surface area contributed by atoms with Gasteiger partial charge in [-0.05, 0) is 48.1 Å². The third kappa shape index (κ3) is 5.02. The Labute approximate surface area is 140 Å². The second-order valence-electron chi connectivity index (χ2n) is 4.82. The fourth-order valence-corrected chi connectivity index (χ4v) is 2.11. The lowest BCUT2D eigenvalue weighted by Crippen LogP contribution is -2.23. The van der Waals surface area contributed by atoms with Gasteiger partial charge >= 0.3 is 0 Å². The molecule has 2 aromatic carbocycles. The topological polar surface area (TPSA) is 39.7 Å². The summed E-state index contributed by atoms with van der Waals surface area (Å²) in [5.74, 6) is 0. The first-order valence-electron chi connectivity index (χ1n) is 6.67. The lowest BCUT2D eigenvalue weighted by atomic mass is 10.2. The molecule has 0 atom stereocenters. The first kappa shape index (κ1) is 16.3. The molecule has 0 aliphatic carbocycles. The summed E-state index contributed by atoms with van der Waals surface area (Å²) in [6.45, 7) is 0. The number of hydrogen-bond donors (Lipinski definition) is 2. The molecule has 114 valence electrons. The third-order valence-electron chi connectivity index (χ3n) is 2.87. The molecule has 0 spiro atoms. The first-order chi connectivity index (χ1) is 10.5. The summed E-state index contributed by atoms with van der Waals surface area (Å²) in [4.78, 5) is 2.04. The molecule has 0 radical (unpaired) electrons. The molecule has 0 saturated heterocycles. The Morgan fingerprint density at radius 1 is 1.18 bits per heavy atom. The molecular formula is C16H17ClN4S. The fourth-order valence-electron chi connectivity index (χ4n) is 1.75. The minimum atomic E-state index is 0.406. The van der Waals surface area contributed by atoms with E-state index >= 15 is 0 Å². The summed E-state index contributed by atoms with van der Waals surface area (Å²) < 4.78 is 0. The molecule has 22 heavy (non-hydrogen) atoms. The summed E-state index contributed by atoms with van der Waals surface area (Å²) >= 11 is 11.1. The molecule has 0 aliphatic rings. The van der Waals surface area contributed by atoms with Crippen molar-refractivity contribution in [1.29, 1.82) is 0 Å². The smallest absolute Gasteiger partial charge is 0.191 e. The minimum absolute atomic E-state index is 0.406. The highest BCUT2D eigenvalue weighted by Crippen LogP contribution is 2.14. The monoisotopic (exact) mass is 332 g/mol. The molecule has 4 nitrogen and oxygen atoms in total. The SMILES string of the molecule is CN(C)c1ccc(/C=N/NC(=S)Nc2cccc(Cl)c2)cc1. The number of anilines is 2. The van der Waals surface area contributed by atoms with Crippen molar-refractivity contribution in [1.82, 2.24) is 5.43 Å². The molecular weight excluding hydrogens is 316 g/mol. The Hall–Kier alpha value is -2.11. The van der Waals surface area contributed by atoms with Crippen LogP contribution in [0, 0.1) is 0 Å². The summed E-state index contributed by atoms with van der Waals surface area (Å²) in [6.07, 6.45) is 1.71. The van der Waals surface area contributed by atoms with Gasteiger partial charge in [-0.1, -0.05) is 29.8 Å². The van der Waals surface area contributed by atoms with E-state index in [-0.39, 0.29) is 0 Å². The van der Waals surface area contributed by atoms with E-state index in [0.29, 0.717) is 10.1 Å². The van der Waals surface area contributed by atoms with Gasteiger partial charge in [0, 0.05) is 30.5 Å². The van der Waals surface area contributed by atoms with Crippen LogP contribution in [-0.2, 0) is 0 Å². The number of hydrazone groups is 1. The van der Waals surface area contributed by atoms with Crippen LogP contribution in [0.3, 0.4) is 0 Å². The predicted molar refractivity (Wildman–Crippen MR) is 99.2 cm³/mol. The van der Waals surface area contributed by atoms with E-state index in [1.165, 1.54) is 0 Å². The molecule has 2 N–H and O–H groups in total. The second kappa shape index (κ2) is 7.77. The van der Waals surface area contributed by atoms with Crippen molar-refractivity contribution in [3.05, 3.63) is 59.1 Å². The predicted octanol–water partition coefficient (Wildman–Crippen LogP) is 3.73. The Morgan fingerprint density at radius 2 is 1.91 bits per heavy atom. The van der Waals surface area contributed by atoms with Crippen molar-refractivity contribution in [2.24, 2.45) is 5.10 Å². The molecule has 0 unspecified atom stereocenters. The molecule has 6 heteroatoms. The number of nitrogens with zero attached hydrogens (tertiary/aromatic N) is 2. The summed E-state index contributed by atoms with van der Waals surface area (Å²) in [7, 11) is 4.01. The quantitative estimate of drug-likeness (QED) is 0.508. The Kier molecular flexibility index (Phi) is 5.75. The maximum absolute atomic E-state index is 5.91. The van der Waals surface area contributed by atoms with Crippen LogP contribution in [0.2, 0.25) is 5.02 Å². The van der Waals surface area contributed by atoms with E-state index < -0.39 is 0 Å². The van der Waals surface area contributed by atoms with Crippen LogP contribution >= 0.6 is 23.8 Å². The third-order valence-corrected chi connectivity index (χ3v) is 3.30. The van der Waals surface area contributed by atoms with Crippen LogP contribution in [0.5, 0.6) is 0 Å². The van der Waals surface area contributed by atoms with Gasteiger partial charge < -0.3 is 10.2 Å². The van der Waals surface area contributed by atoms with Crippen molar-refractivity contribution < 1.29 is 0 Å². The molecule has 2 rings (SSSR count). The van der Waals surface area contributed by atoms with Crippen LogP contribution in [0.15, 0.2) is 53.6 Å². The number of nitrogens with one attached hydrogen (secondary N) is 2. The van der Waals surface area contributed by atoms with Crippen molar-refractivity contribution >= 4 is 46.5 Å². The second-order valence-corrected chi connectivity index (χ2v) is 5.67. The van der Waals surface area contributed by atoms with Crippen LogP contribution in [-0.4, -0.2) is 25.4 Å². The fraction of sp³-hybridized carbons (Fsp3) is 0.125. The van der Waals surface area contributed by atoms with Crippen LogP contribution in [0.4, 0.5) is 11.4 Å². The van der Waals surface area contributed by atoms with Crippen LogP contribution in [0.25, 0.3) is 0 Å². The highest BCUT2D eigenvalue weighted by atomic mass is 35.5. The highest BCUT2D eigenvalue weighted by Gasteiger charge is 1.97. The Morgan fingerprint density at radius 3 is 2.55 bits per heavy atom. The van der Waals surface area contributed by atoms with Crippen molar-refractivity contribution in [3.8, 4) is 0 Å².